The maximum Gasteiger partial charge on any atom is 0.331 e. The van der Waals surface area contributed by atoms with E-state index in [1.54, 1.807) is 30.3 Å². The molecular formula is C24H32O3. The molecule has 1 aromatic carbocycles. The third-order valence-corrected chi connectivity index (χ3v) is 6.65. The monoisotopic (exact) mass is 368 g/mol. The molecule has 3 heteroatoms. The summed E-state index contributed by atoms with van der Waals surface area (Å²) >= 11 is 0. The molecule has 27 heavy (non-hydrogen) atoms. The predicted octanol–water partition coefficient (Wildman–Crippen LogP) is 5.75. The van der Waals surface area contributed by atoms with Gasteiger partial charge in [0.05, 0.1) is 0 Å². The normalized spacial score (nSPS) is 31.1. The van der Waals surface area contributed by atoms with Crippen molar-refractivity contribution < 1.29 is 14.6 Å². The number of rotatable bonds is 4. The molecular weight excluding hydrogens is 336 g/mol. The molecule has 0 radical (unpaired) electrons. The quantitative estimate of drug-likeness (QED) is 0.418. The minimum atomic E-state index is -0.290. The SMILES string of the molecule is C=C1CCC[C@]2(C)CC[C@@H](C(C)C)[C@@H](OC(=O)C=Cc3ccc(O)cc3)[C@@H]12. The van der Waals surface area contributed by atoms with Crippen LogP contribution in [0.5, 0.6) is 5.75 Å². The second kappa shape index (κ2) is 7.92. The Morgan fingerprint density at radius 2 is 2.00 bits per heavy atom. The fourth-order valence-corrected chi connectivity index (χ4v) is 5.13. The third-order valence-electron chi connectivity index (χ3n) is 6.65. The molecule has 4 atom stereocenters. The second-order valence-electron chi connectivity index (χ2n) is 8.92. The van der Waals surface area contributed by atoms with Crippen molar-refractivity contribution in [2.75, 3.05) is 0 Å². The second-order valence-corrected chi connectivity index (χ2v) is 8.92. The lowest BCUT2D eigenvalue weighted by Crippen LogP contribution is -2.50. The summed E-state index contributed by atoms with van der Waals surface area (Å²) in [5.41, 5.74) is 2.32. The first-order valence-corrected chi connectivity index (χ1v) is 10.2. The van der Waals surface area contributed by atoms with E-state index in [-0.39, 0.29) is 29.2 Å². The highest BCUT2D eigenvalue weighted by atomic mass is 16.5. The Bertz CT molecular complexity index is 716. The van der Waals surface area contributed by atoms with Gasteiger partial charge in [-0.25, -0.2) is 4.79 Å². The first-order valence-electron chi connectivity index (χ1n) is 10.2. The number of ether oxygens (including phenoxy) is 1. The topological polar surface area (TPSA) is 46.5 Å². The largest absolute Gasteiger partial charge is 0.508 e. The lowest BCUT2D eigenvalue weighted by molar-refractivity contribution is -0.159. The molecule has 0 spiro atoms. The molecule has 2 aliphatic rings. The summed E-state index contributed by atoms with van der Waals surface area (Å²) in [5.74, 6) is 1.04. The van der Waals surface area contributed by atoms with Crippen LogP contribution in [0.25, 0.3) is 6.08 Å². The number of carbonyl (C=O) groups excluding carboxylic acids is 1. The van der Waals surface area contributed by atoms with Gasteiger partial charge in [-0.3, -0.25) is 0 Å². The fraction of sp³-hybridized carbons (Fsp3) is 0.542. The average Bonchev–Trinajstić information content (AvgIpc) is 2.60. The number of fused-ring (bicyclic) bond motifs is 1. The van der Waals surface area contributed by atoms with Crippen LogP contribution in [-0.4, -0.2) is 17.2 Å². The van der Waals surface area contributed by atoms with E-state index in [4.69, 9.17) is 4.74 Å². The van der Waals surface area contributed by atoms with Crippen LogP contribution in [0.3, 0.4) is 0 Å². The number of phenols is 1. The number of aromatic hydroxyl groups is 1. The molecule has 1 aromatic rings. The van der Waals surface area contributed by atoms with E-state index in [1.165, 1.54) is 30.9 Å². The smallest absolute Gasteiger partial charge is 0.331 e. The molecule has 0 heterocycles. The van der Waals surface area contributed by atoms with Crippen LogP contribution in [0.4, 0.5) is 0 Å². The van der Waals surface area contributed by atoms with Gasteiger partial charge < -0.3 is 9.84 Å². The minimum absolute atomic E-state index is 0.0893. The van der Waals surface area contributed by atoms with Crippen LogP contribution in [0.1, 0.15) is 58.4 Å². The highest BCUT2D eigenvalue weighted by molar-refractivity contribution is 5.87. The summed E-state index contributed by atoms with van der Waals surface area (Å²) in [6.07, 6.45) is 8.88. The Balaban J connectivity index is 1.78. The molecule has 146 valence electrons. The summed E-state index contributed by atoms with van der Waals surface area (Å²) in [7, 11) is 0. The summed E-state index contributed by atoms with van der Waals surface area (Å²) in [4.78, 5) is 12.6. The van der Waals surface area contributed by atoms with E-state index < -0.39 is 0 Å². The first-order chi connectivity index (χ1) is 12.8. The van der Waals surface area contributed by atoms with Gasteiger partial charge in [0.2, 0.25) is 0 Å². The highest BCUT2D eigenvalue weighted by Gasteiger charge is 2.51. The molecule has 2 aliphatic carbocycles. The van der Waals surface area contributed by atoms with Gasteiger partial charge in [-0.05, 0) is 73.1 Å². The van der Waals surface area contributed by atoms with E-state index in [1.807, 2.05) is 0 Å². The van der Waals surface area contributed by atoms with Crippen molar-refractivity contribution in [3.8, 4) is 5.75 Å². The van der Waals surface area contributed by atoms with Gasteiger partial charge in [-0.2, -0.15) is 0 Å². The number of esters is 1. The number of hydrogen-bond donors (Lipinski definition) is 1. The lowest BCUT2D eigenvalue weighted by atomic mass is 9.54. The Morgan fingerprint density at radius 1 is 1.30 bits per heavy atom. The average molecular weight is 369 g/mol. The molecule has 0 amide bonds. The summed E-state index contributed by atoms with van der Waals surface area (Å²) in [6, 6.07) is 6.77. The Hall–Kier alpha value is -2.03. The van der Waals surface area contributed by atoms with E-state index in [2.05, 4.69) is 27.4 Å². The zero-order valence-corrected chi connectivity index (χ0v) is 16.8. The minimum Gasteiger partial charge on any atom is -0.508 e. The van der Waals surface area contributed by atoms with Crippen molar-refractivity contribution in [3.05, 3.63) is 48.1 Å². The molecule has 0 unspecified atom stereocenters. The Kier molecular flexibility index (Phi) is 5.78. The zero-order chi connectivity index (χ0) is 19.6. The van der Waals surface area contributed by atoms with E-state index in [0.29, 0.717) is 11.8 Å². The Labute approximate surface area is 163 Å². The van der Waals surface area contributed by atoms with Gasteiger partial charge in [0.1, 0.15) is 11.9 Å². The Morgan fingerprint density at radius 3 is 2.67 bits per heavy atom. The highest BCUT2D eigenvalue weighted by Crippen LogP contribution is 2.55. The van der Waals surface area contributed by atoms with Gasteiger partial charge in [0, 0.05) is 12.0 Å². The molecule has 1 N–H and O–H groups in total. The molecule has 0 bridgehead atoms. The van der Waals surface area contributed by atoms with Crippen LogP contribution in [0.15, 0.2) is 42.5 Å². The maximum absolute atomic E-state index is 12.6. The van der Waals surface area contributed by atoms with E-state index in [9.17, 15) is 9.90 Å². The van der Waals surface area contributed by atoms with Crippen molar-refractivity contribution in [3.63, 3.8) is 0 Å². The lowest BCUT2D eigenvalue weighted by Gasteiger charge is -2.53. The third kappa shape index (κ3) is 4.28. The van der Waals surface area contributed by atoms with E-state index in [0.717, 1.165) is 18.4 Å². The first kappa shape index (κ1) is 19.7. The molecule has 2 saturated carbocycles. The van der Waals surface area contributed by atoms with Crippen LogP contribution >= 0.6 is 0 Å². The molecule has 0 aliphatic heterocycles. The van der Waals surface area contributed by atoms with Crippen molar-refractivity contribution in [1.29, 1.82) is 0 Å². The van der Waals surface area contributed by atoms with Crippen molar-refractivity contribution in [1.82, 2.24) is 0 Å². The van der Waals surface area contributed by atoms with Gasteiger partial charge in [-0.15, -0.1) is 0 Å². The molecule has 3 rings (SSSR count). The van der Waals surface area contributed by atoms with Crippen LogP contribution in [0.2, 0.25) is 0 Å². The summed E-state index contributed by atoms with van der Waals surface area (Å²) < 4.78 is 6.08. The summed E-state index contributed by atoms with van der Waals surface area (Å²) in [6.45, 7) is 11.2. The van der Waals surface area contributed by atoms with Crippen LogP contribution in [0, 0.1) is 23.2 Å². The van der Waals surface area contributed by atoms with Crippen molar-refractivity contribution in [2.45, 2.75) is 59.0 Å². The van der Waals surface area contributed by atoms with Crippen molar-refractivity contribution in [2.24, 2.45) is 23.2 Å². The standard InChI is InChI=1S/C24H32O3/c1-16(2)20-13-15-24(4)14-5-6-17(3)22(24)23(20)27-21(26)12-9-18-7-10-19(25)11-8-18/h7-12,16,20,22-23,25H,3,5-6,13-15H2,1-2,4H3/t20-,22+,23+,24+/m0/s1. The number of benzene rings is 1. The zero-order valence-electron chi connectivity index (χ0n) is 16.8. The number of hydrogen-bond acceptors (Lipinski definition) is 3. The fourth-order valence-electron chi connectivity index (χ4n) is 5.13. The number of carbonyl (C=O) groups is 1. The maximum atomic E-state index is 12.6. The van der Waals surface area contributed by atoms with Gasteiger partial charge in [-0.1, -0.05) is 45.1 Å². The van der Waals surface area contributed by atoms with Crippen molar-refractivity contribution >= 4 is 12.0 Å². The van der Waals surface area contributed by atoms with Crippen LogP contribution < -0.4 is 0 Å². The summed E-state index contributed by atoms with van der Waals surface area (Å²) in [5, 5.41) is 9.37. The predicted molar refractivity (Wildman–Crippen MR) is 109 cm³/mol. The van der Waals surface area contributed by atoms with Gasteiger partial charge in [0.15, 0.2) is 0 Å². The van der Waals surface area contributed by atoms with E-state index >= 15 is 0 Å². The molecule has 2 fully saturated rings. The number of phenolic OH excluding ortho intramolecular Hbond substituents is 1. The molecule has 0 saturated heterocycles. The van der Waals surface area contributed by atoms with Gasteiger partial charge >= 0.3 is 5.97 Å². The van der Waals surface area contributed by atoms with Crippen LogP contribution in [-0.2, 0) is 9.53 Å². The molecule has 0 aromatic heterocycles. The van der Waals surface area contributed by atoms with Gasteiger partial charge in [0.25, 0.3) is 0 Å². The molecule has 3 nitrogen and oxygen atoms in total.